The van der Waals surface area contributed by atoms with Crippen LogP contribution in [0.1, 0.15) is 44.0 Å². The van der Waals surface area contributed by atoms with Crippen molar-refractivity contribution in [3.63, 3.8) is 0 Å². The molecule has 7 nitrogen and oxygen atoms in total. The lowest BCUT2D eigenvalue weighted by Crippen LogP contribution is -2.27. The molecule has 176 valence electrons. The number of carbonyl (C=O) groups excluding carboxylic acids is 1. The van der Waals surface area contributed by atoms with E-state index >= 15 is 0 Å². The number of sulfonamides is 1. The molecule has 4 rings (SSSR count). The molecule has 1 fully saturated rings. The molecule has 33 heavy (non-hydrogen) atoms. The van der Waals surface area contributed by atoms with E-state index in [1.807, 2.05) is 43.4 Å². The van der Waals surface area contributed by atoms with Gasteiger partial charge in [-0.05, 0) is 43.0 Å². The number of hydrogen-bond acceptors (Lipinski definition) is 4. The van der Waals surface area contributed by atoms with Crippen LogP contribution in [0.3, 0.4) is 0 Å². The van der Waals surface area contributed by atoms with Crippen molar-refractivity contribution in [2.75, 3.05) is 20.1 Å². The van der Waals surface area contributed by atoms with Crippen LogP contribution in [0.5, 0.6) is 0 Å². The van der Waals surface area contributed by atoms with E-state index in [4.69, 9.17) is 4.98 Å². The summed E-state index contributed by atoms with van der Waals surface area (Å²) in [6, 6.07) is 15.2. The van der Waals surface area contributed by atoms with E-state index < -0.39 is 10.0 Å². The number of amides is 1. The summed E-state index contributed by atoms with van der Waals surface area (Å²) >= 11 is 0. The lowest BCUT2D eigenvalue weighted by atomic mass is 10.2. The second-order valence-electron chi connectivity index (χ2n) is 8.68. The van der Waals surface area contributed by atoms with Crippen molar-refractivity contribution < 1.29 is 13.2 Å². The van der Waals surface area contributed by atoms with Crippen molar-refractivity contribution >= 4 is 27.0 Å². The number of fused-ring (bicyclic) bond motifs is 1. The molecule has 3 aromatic rings. The average Bonchev–Trinajstić information content (AvgIpc) is 3.47. The number of aromatic nitrogens is 2. The van der Waals surface area contributed by atoms with Crippen LogP contribution in [0.2, 0.25) is 0 Å². The Bertz CT molecular complexity index is 1220. The van der Waals surface area contributed by atoms with Gasteiger partial charge in [0.05, 0.1) is 15.9 Å². The summed E-state index contributed by atoms with van der Waals surface area (Å²) in [5.74, 6) is 0.885. The lowest BCUT2D eigenvalue weighted by Gasteiger charge is -2.17. The topological polar surface area (TPSA) is 75.5 Å². The van der Waals surface area contributed by atoms with Crippen LogP contribution < -0.4 is 0 Å². The Balaban J connectivity index is 1.52. The van der Waals surface area contributed by atoms with E-state index in [0.717, 1.165) is 42.7 Å². The highest BCUT2D eigenvalue weighted by molar-refractivity contribution is 7.89. The monoisotopic (exact) mass is 468 g/mol. The maximum Gasteiger partial charge on any atom is 0.243 e. The minimum atomic E-state index is -3.49. The normalized spacial score (nSPS) is 14.7. The Hall–Kier alpha value is -2.71. The van der Waals surface area contributed by atoms with Gasteiger partial charge in [0.2, 0.25) is 15.9 Å². The molecule has 0 aliphatic carbocycles. The number of benzene rings is 2. The molecule has 1 aliphatic rings. The third kappa shape index (κ3) is 5.12. The number of aryl methyl sites for hydroxylation is 2. The zero-order chi connectivity index (χ0) is 23.4. The lowest BCUT2D eigenvalue weighted by molar-refractivity contribution is -0.130. The van der Waals surface area contributed by atoms with E-state index in [1.165, 1.54) is 0 Å². The number of hydrogen-bond donors (Lipinski definition) is 0. The van der Waals surface area contributed by atoms with Gasteiger partial charge in [-0.3, -0.25) is 4.79 Å². The zero-order valence-corrected chi connectivity index (χ0v) is 20.2. The molecule has 0 radical (unpaired) electrons. The smallest absolute Gasteiger partial charge is 0.243 e. The molecule has 1 amide bonds. The van der Waals surface area contributed by atoms with Crippen LogP contribution in [-0.2, 0) is 34.3 Å². The molecule has 0 N–H and O–H groups in total. The van der Waals surface area contributed by atoms with Crippen molar-refractivity contribution in [3.8, 4) is 0 Å². The van der Waals surface area contributed by atoms with Crippen molar-refractivity contribution in [1.82, 2.24) is 18.8 Å². The predicted octanol–water partition coefficient (Wildman–Crippen LogP) is 3.82. The summed E-state index contributed by atoms with van der Waals surface area (Å²) in [5, 5.41) is 0. The van der Waals surface area contributed by atoms with Gasteiger partial charge in [0.15, 0.2) is 0 Å². The number of rotatable bonds is 9. The van der Waals surface area contributed by atoms with Gasteiger partial charge in [-0.1, -0.05) is 37.3 Å². The van der Waals surface area contributed by atoms with Gasteiger partial charge in [0, 0.05) is 46.1 Å². The van der Waals surface area contributed by atoms with Crippen LogP contribution in [-0.4, -0.2) is 53.2 Å². The highest BCUT2D eigenvalue weighted by Gasteiger charge is 2.28. The maximum absolute atomic E-state index is 13.0. The fourth-order valence-corrected chi connectivity index (χ4v) is 5.95. The highest BCUT2D eigenvalue weighted by atomic mass is 32.2. The SMILES string of the molecule is CCCn1c(CCC(=O)N(C)Cc2ccccc2)nc2cc(S(=O)(=O)N3CCCC3)ccc21. The summed E-state index contributed by atoms with van der Waals surface area (Å²) in [4.78, 5) is 19.5. The van der Waals surface area contributed by atoms with Crippen molar-refractivity contribution in [2.45, 2.75) is 57.0 Å². The molecule has 0 atom stereocenters. The summed E-state index contributed by atoms with van der Waals surface area (Å²) in [5.41, 5.74) is 2.68. The molecule has 1 aromatic heterocycles. The van der Waals surface area contributed by atoms with Gasteiger partial charge in [0.1, 0.15) is 5.82 Å². The van der Waals surface area contributed by atoms with Gasteiger partial charge >= 0.3 is 0 Å². The maximum atomic E-state index is 13.0. The van der Waals surface area contributed by atoms with Crippen LogP contribution >= 0.6 is 0 Å². The van der Waals surface area contributed by atoms with Gasteiger partial charge in [0.25, 0.3) is 0 Å². The first kappa shape index (κ1) is 23.4. The summed E-state index contributed by atoms with van der Waals surface area (Å²) < 4.78 is 29.6. The minimum Gasteiger partial charge on any atom is -0.341 e. The van der Waals surface area contributed by atoms with E-state index in [0.29, 0.717) is 42.9 Å². The van der Waals surface area contributed by atoms with Gasteiger partial charge in [-0.25, -0.2) is 13.4 Å². The van der Waals surface area contributed by atoms with Gasteiger partial charge in [-0.2, -0.15) is 4.31 Å². The fourth-order valence-electron chi connectivity index (χ4n) is 4.42. The Morgan fingerprint density at radius 2 is 1.82 bits per heavy atom. The van der Waals surface area contributed by atoms with Crippen LogP contribution in [0.4, 0.5) is 0 Å². The van der Waals surface area contributed by atoms with E-state index in [2.05, 4.69) is 11.5 Å². The van der Waals surface area contributed by atoms with E-state index in [1.54, 1.807) is 21.3 Å². The Labute approximate surface area is 196 Å². The average molecular weight is 469 g/mol. The molecule has 0 unspecified atom stereocenters. The largest absolute Gasteiger partial charge is 0.341 e. The Kier molecular flexibility index (Phi) is 7.14. The minimum absolute atomic E-state index is 0.0613. The van der Waals surface area contributed by atoms with Crippen LogP contribution in [0.25, 0.3) is 11.0 Å². The molecule has 0 spiro atoms. The summed E-state index contributed by atoms with van der Waals surface area (Å²) in [6.07, 6.45) is 3.61. The first-order chi connectivity index (χ1) is 15.9. The molecule has 2 aromatic carbocycles. The Morgan fingerprint density at radius 1 is 1.09 bits per heavy atom. The molecule has 8 heteroatoms. The molecule has 1 saturated heterocycles. The predicted molar refractivity (Wildman–Crippen MR) is 129 cm³/mol. The van der Waals surface area contributed by atoms with E-state index in [-0.39, 0.29) is 5.91 Å². The van der Waals surface area contributed by atoms with Crippen LogP contribution in [0, 0.1) is 0 Å². The molecular weight excluding hydrogens is 436 g/mol. The second-order valence-corrected chi connectivity index (χ2v) is 10.6. The number of carbonyl (C=O) groups is 1. The van der Waals surface area contributed by atoms with Crippen molar-refractivity contribution in [2.24, 2.45) is 0 Å². The summed E-state index contributed by atoms with van der Waals surface area (Å²) in [6.45, 7) is 4.60. The quantitative estimate of drug-likeness (QED) is 0.478. The molecular formula is C25H32N4O3S. The van der Waals surface area contributed by atoms with Gasteiger partial charge in [-0.15, -0.1) is 0 Å². The second kappa shape index (κ2) is 10.1. The third-order valence-electron chi connectivity index (χ3n) is 6.20. The highest BCUT2D eigenvalue weighted by Crippen LogP contribution is 2.26. The first-order valence-corrected chi connectivity index (χ1v) is 13.1. The first-order valence-electron chi connectivity index (χ1n) is 11.7. The van der Waals surface area contributed by atoms with Crippen LogP contribution in [0.15, 0.2) is 53.4 Å². The van der Waals surface area contributed by atoms with Crippen molar-refractivity contribution in [3.05, 3.63) is 59.9 Å². The fraction of sp³-hybridized carbons (Fsp3) is 0.440. The molecule has 0 saturated carbocycles. The standard InChI is InChI=1S/C25H32N4O3S/c1-3-15-29-23-12-11-21(33(31,32)28-16-7-8-17-28)18-22(23)26-24(29)13-14-25(30)27(2)19-20-9-5-4-6-10-20/h4-6,9-12,18H,3,7-8,13-17,19H2,1-2H3. The Morgan fingerprint density at radius 3 is 2.52 bits per heavy atom. The van der Waals surface area contributed by atoms with E-state index in [9.17, 15) is 13.2 Å². The van der Waals surface area contributed by atoms with Crippen molar-refractivity contribution in [1.29, 1.82) is 0 Å². The van der Waals surface area contributed by atoms with Gasteiger partial charge < -0.3 is 9.47 Å². The third-order valence-corrected chi connectivity index (χ3v) is 8.09. The summed E-state index contributed by atoms with van der Waals surface area (Å²) in [7, 11) is -1.67. The molecule has 1 aliphatic heterocycles. The zero-order valence-electron chi connectivity index (χ0n) is 19.4. The number of imidazole rings is 1. The molecule has 2 heterocycles. The molecule has 0 bridgehead atoms. The number of nitrogens with zero attached hydrogens (tertiary/aromatic N) is 4.